The van der Waals surface area contributed by atoms with E-state index < -0.39 is 16.1 Å². The van der Waals surface area contributed by atoms with Gasteiger partial charge in [-0.3, -0.25) is 4.79 Å². The Bertz CT molecular complexity index is 653. The van der Waals surface area contributed by atoms with Gasteiger partial charge in [-0.1, -0.05) is 0 Å². The molecule has 1 saturated heterocycles. The summed E-state index contributed by atoms with van der Waals surface area (Å²) in [7, 11) is -2.13. The van der Waals surface area contributed by atoms with E-state index in [0.29, 0.717) is 25.1 Å². The highest BCUT2D eigenvalue weighted by molar-refractivity contribution is 7.89. The summed E-state index contributed by atoms with van der Waals surface area (Å²) < 4.78 is 31.9. The molecule has 6 nitrogen and oxygen atoms in total. The van der Waals surface area contributed by atoms with Crippen molar-refractivity contribution in [3.8, 4) is 5.75 Å². The van der Waals surface area contributed by atoms with Crippen LogP contribution >= 0.6 is 0 Å². The number of ether oxygens (including phenoxy) is 1. The van der Waals surface area contributed by atoms with Crippen molar-refractivity contribution in [3.63, 3.8) is 0 Å². The third-order valence-corrected chi connectivity index (χ3v) is 6.02. The SMILES string of the molecule is COc1ccc(S(=O)(=O)N2CCCC2C(=O)NC2CC2)cc1. The number of sulfonamides is 1. The first-order valence-corrected chi connectivity index (χ1v) is 8.92. The van der Waals surface area contributed by atoms with Gasteiger partial charge in [0.15, 0.2) is 0 Å². The maximum atomic E-state index is 12.8. The number of carbonyl (C=O) groups excluding carboxylic acids is 1. The van der Waals surface area contributed by atoms with Crippen LogP contribution in [0.5, 0.6) is 5.75 Å². The van der Waals surface area contributed by atoms with Crippen LogP contribution in [0.4, 0.5) is 0 Å². The average molecular weight is 324 g/mol. The number of methoxy groups -OCH3 is 1. The summed E-state index contributed by atoms with van der Waals surface area (Å²) in [5.74, 6) is 0.431. The first kappa shape index (κ1) is 15.3. The molecule has 0 spiro atoms. The zero-order chi connectivity index (χ0) is 15.7. The van der Waals surface area contributed by atoms with Gasteiger partial charge >= 0.3 is 0 Å². The lowest BCUT2D eigenvalue weighted by atomic mass is 10.2. The van der Waals surface area contributed by atoms with E-state index in [1.165, 1.54) is 23.5 Å². The molecule has 1 aliphatic carbocycles. The predicted molar refractivity (Wildman–Crippen MR) is 81.1 cm³/mol. The lowest BCUT2D eigenvalue weighted by Gasteiger charge is -2.23. The number of nitrogens with one attached hydrogen (secondary N) is 1. The highest BCUT2D eigenvalue weighted by Gasteiger charge is 2.40. The van der Waals surface area contributed by atoms with Crippen LogP contribution in [-0.4, -0.2) is 44.4 Å². The molecule has 1 unspecified atom stereocenters. The average Bonchev–Trinajstić information content (AvgIpc) is 3.18. The summed E-state index contributed by atoms with van der Waals surface area (Å²) in [6.45, 7) is 0.386. The summed E-state index contributed by atoms with van der Waals surface area (Å²) in [6.07, 6.45) is 3.26. The zero-order valence-electron chi connectivity index (χ0n) is 12.5. The molecule has 1 amide bonds. The van der Waals surface area contributed by atoms with Gasteiger partial charge in [-0.2, -0.15) is 4.31 Å². The van der Waals surface area contributed by atoms with Crippen LogP contribution < -0.4 is 10.1 Å². The van der Waals surface area contributed by atoms with Crippen LogP contribution in [0.2, 0.25) is 0 Å². The van der Waals surface area contributed by atoms with E-state index in [2.05, 4.69) is 5.32 Å². The van der Waals surface area contributed by atoms with Crippen molar-refractivity contribution in [1.29, 1.82) is 0 Å². The Morgan fingerprint density at radius 2 is 1.91 bits per heavy atom. The van der Waals surface area contributed by atoms with E-state index in [0.717, 1.165) is 12.8 Å². The molecule has 0 aromatic heterocycles. The minimum atomic E-state index is -3.66. The fraction of sp³-hybridized carbons (Fsp3) is 0.533. The zero-order valence-corrected chi connectivity index (χ0v) is 13.3. The van der Waals surface area contributed by atoms with Crippen LogP contribution in [0.1, 0.15) is 25.7 Å². The summed E-state index contributed by atoms with van der Waals surface area (Å²) in [6, 6.07) is 5.90. The smallest absolute Gasteiger partial charge is 0.243 e. The van der Waals surface area contributed by atoms with Crippen molar-refractivity contribution in [3.05, 3.63) is 24.3 Å². The molecule has 1 N–H and O–H groups in total. The standard InChI is InChI=1S/C15H20N2O4S/c1-21-12-6-8-13(9-7-12)22(19,20)17-10-2-3-14(17)15(18)16-11-4-5-11/h6-9,11,14H,2-5,10H2,1H3,(H,16,18). The molecule has 1 aromatic rings. The first-order valence-electron chi connectivity index (χ1n) is 7.48. The Labute approximate surface area is 130 Å². The minimum absolute atomic E-state index is 0.169. The fourth-order valence-corrected chi connectivity index (χ4v) is 4.35. The second kappa shape index (κ2) is 5.89. The van der Waals surface area contributed by atoms with Crippen LogP contribution in [0, 0.1) is 0 Å². The van der Waals surface area contributed by atoms with Gasteiger partial charge in [0.05, 0.1) is 12.0 Å². The number of hydrogen-bond acceptors (Lipinski definition) is 4. The van der Waals surface area contributed by atoms with Crippen molar-refractivity contribution < 1.29 is 17.9 Å². The van der Waals surface area contributed by atoms with Crippen molar-refractivity contribution in [1.82, 2.24) is 9.62 Å². The third-order valence-electron chi connectivity index (χ3n) is 4.10. The topological polar surface area (TPSA) is 75.7 Å². The molecular formula is C15H20N2O4S. The summed E-state index contributed by atoms with van der Waals surface area (Å²) >= 11 is 0. The molecular weight excluding hydrogens is 304 g/mol. The van der Waals surface area contributed by atoms with Gasteiger partial charge in [0.25, 0.3) is 0 Å². The molecule has 1 atom stereocenters. The van der Waals surface area contributed by atoms with Crippen LogP contribution in [0.15, 0.2) is 29.2 Å². The third kappa shape index (κ3) is 2.96. The van der Waals surface area contributed by atoms with Gasteiger partial charge in [-0.05, 0) is 49.9 Å². The van der Waals surface area contributed by atoms with Gasteiger partial charge < -0.3 is 10.1 Å². The molecule has 1 heterocycles. The Kier molecular flexibility index (Phi) is 4.10. The summed E-state index contributed by atoms with van der Waals surface area (Å²) in [5, 5.41) is 2.90. The molecule has 120 valence electrons. The lowest BCUT2D eigenvalue weighted by molar-refractivity contribution is -0.124. The molecule has 1 aliphatic heterocycles. The van der Waals surface area contributed by atoms with Crippen molar-refractivity contribution in [2.45, 2.75) is 42.7 Å². The van der Waals surface area contributed by atoms with Gasteiger partial charge in [-0.25, -0.2) is 8.42 Å². The van der Waals surface area contributed by atoms with Gasteiger partial charge in [0.2, 0.25) is 15.9 Å². The van der Waals surface area contributed by atoms with E-state index in [9.17, 15) is 13.2 Å². The second-order valence-corrected chi connectivity index (χ2v) is 7.62. The Morgan fingerprint density at radius 3 is 2.50 bits per heavy atom. The van der Waals surface area contributed by atoms with E-state index in [1.807, 2.05) is 0 Å². The summed E-state index contributed by atoms with van der Waals surface area (Å²) in [4.78, 5) is 12.4. The largest absolute Gasteiger partial charge is 0.497 e. The van der Waals surface area contributed by atoms with Crippen LogP contribution in [0.25, 0.3) is 0 Å². The van der Waals surface area contributed by atoms with E-state index >= 15 is 0 Å². The highest BCUT2D eigenvalue weighted by atomic mass is 32.2. The van der Waals surface area contributed by atoms with E-state index in [-0.39, 0.29) is 16.8 Å². The van der Waals surface area contributed by atoms with E-state index in [1.54, 1.807) is 12.1 Å². The predicted octanol–water partition coefficient (Wildman–Crippen LogP) is 1.13. The molecule has 1 saturated carbocycles. The van der Waals surface area contributed by atoms with Crippen molar-refractivity contribution in [2.75, 3.05) is 13.7 Å². The number of rotatable bonds is 5. The number of benzene rings is 1. The summed E-state index contributed by atoms with van der Waals surface area (Å²) in [5.41, 5.74) is 0. The fourth-order valence-electron chi connectivity index (χ4n) is 2.70. The monoisotopic (exact) mass is 324 g/mol. The maximum Gasteiger partial charge on any atom is 0.243 e. The molecule has 0 radical (unpaired) electrons. The van der Waals surface area contributed by atoms with Gasteiger partial charge in [0, 0.05) is 12.6 Å². The van der Waals surface area contributed by atoms with Crippen LogP contribution in [-0.2, 0) is 14.8 Å². The maximum absolute atomic E-state index is 12.8. The second-order valence-electron chi connectivity index (χ2n) is 5.73. The molecule has 3 rings (SSSR count). The highest BCUT2D eigenvalue weighted by Crippen LogP contribution is 2.28. The lowest BCUT2D eigenvalue weighted by Crippen LogP contribution is -2.46. The minimum Gasteiger partial charge on any atom is -0.497 e. The quantitative estimate of drug-likeness (QED) is 0.881. The Balaban J connectivity index is 1.81. The number of hydrogen-bond donors (Lipinski definition) is 1. The normalized spacial score (nSPS) is 22.5. The number of carbonyl (C=O) groups is 1. The molecule has 2 fully saturated rings. The number of amides is 1. The Hall–Kier alpha value is -1.60. The van der Waals surface area contributed by atoms with E-state index in [4.69, 9.17) is 4.74 Å². The van der Waals surface area contributed by atoms with Crippen molar-refractivity contribution >= 4 is 15.9 Å². The van der Waals surface area contributed by atoms with Crippen LogP contribution in [0.3, 0.4) is 0 Å². The molecule has 22 heavy (non-hydrogen) atoms. The number of nitrogens with zero attached hydrogens (tertiary/aromatic N) is 1. The molecule has 0 bridgehead atoms. The first-order chi connectivity index (χ1) is 10.5. The molecule has 7 heteroatoms. The van der Waals surface area contributed by atoms with Gasteiger partial charge in [-0.15, -0.1) is 0 Å². The molecule has 1 aromatic carbocycles. The van der Waals surface area contributed by atoms with Gasteiger partial charge in [0.1, 0.15) is 11.8 Å². The molecule has 2 aliphatic rings. The van der Waals surface area contributed by atoms with Crippen molar-refractivity contribution in [2.24, 2.45) is 0 Å². The Morgan fingerprint density at radius 1 is 1.23 bits per heavy atom.